The van der Waals surface area contributed by atoms with Crippen molar-refractivity contribution >= 4 is 16.5 Å². The van der Waals surface area contributed by atoms with Gasteiger partial charge in [-0.05, 0) is 19.6 Å². The summed E-state index contributed by atoms with van der Waals surface area (Å²) in [4.78, 5) is 12.4. The first-order valence-corrected chi connectivity index (χ1v) is 16.8. The van der Waals surface area contributed by atoms with E-state index in [9.17, 15) is 0 Å². The van der Waals surface area contributed by atoms with E-state index in [-0.39, 0.29) is 27.9 Å². The molecule has 166 valence electrons. The van der Waals surface area contributed by atoms with Gasteiger partial charge in [0.2, 0.25) is 0 Å². The van der Waals surface area contributed by atoms with Crippen molar-refractivity contribution in [3.05, 3.63) is 9.96 Å². The fourth-order valence-corrected chi connectivity index (χ4v) is 6.89. The van der Waals surface area contributed by atoms with Crippen LogP contribution in [0.3, 0.4) is 0 Å². The summed E-state index contributed by atoms with van der Waals surface area (Å²) in [5, 5.41) is 0.341. The van der Waals surface area contributed by atoms with Gasteiger partial charge >= 0.3 is 16.8 Å². The smallest absolute Gasteiger partial charge is 0.660 e. The van der Waals surface area contributed by atoms with Crippen LogP contribution in [0.5, 0.6) is 0 Å². The molecular formula is C21H51CoN3Si2+. The van der Waals surface area contributed by atoms with Crippen LogP contribution in [0.2, 0.25) is 37.8 Å². The molecule has 0 aliphatic heterocycles. The molecule has 0 aliphatic rings. The Bertz CT molecular complexity index is 376. The third-order valence-electron chi connectivity index (χ3n) is 4.59. The summed E-state index contributed by atoms with van der Waals surface area (Å²) >= 11 is 0. The van der Waals surface area contributed by atoms with E-state index in [1.165, 1.54) is 0 Å². The molecular weight excluding hydrogens is 409 g/mol. The molecule has 0 amide bonds. The van der Waals surface area contributed by atoms with Crippen LogP contribution in [0.15, 0.2) is 0 Å². The second-order valence-electron chi connectivity index (χ2n) is 11.6. The molecule has 0 bridgehead atoms. The third kappa shape index (κ3) is 17.4. The molecule has 0 fully saturated rings. The van der Waals surface area contributed by atoms with Crippen molar-refractivity contribution < 1.29 is 16.8 Å². The molecule has 0 radical (unpaired) electrons. The molecule has 0 N–H and O–H groups in total. The van der Waals surface area contributed by atoms with Gasteiger partial charge < -0.3 is 14.9 Å². The van der Waals surface area contributed by atoms with Crippen LogP contribution in [-0.2, 0) is 16.8 Å². The third-order valence-corrected chi connectivity index (χ3v) is 10.8. The summed E-state index contributed by atoms with van der Waals surface area (Å²) in [5.41, 5.74) is 0.249. The van der Waals surface area contributed by atoms with Gasteiger partial charge in [-0.1, -0.05) is 123 Å². The van der Waals surface area contributed by atoms with Crippen LogP contribution >= 0.6 is 0 Å². The van der Waals surface area contributed by atoms with E-state index in [1.54, 1.807) is 0 Å². The van der Waals surface area contributed by atoms with Gasteiger partial charge in [0, 0.05) is 0 Å². The van der Waals surface area contributed by atoms with Gasteiger partial charge in [0.1, 0.15) is 0 Å². The van der Waals surface area contributed by atoms with Crippen LogP contribution in [0.25, 0.3) is 9.96 Å². The Balaban J connectivity index is -0.000000491. The molecule has 0 heterocycles. The minimum absolute atomic E-state index is 0. The first-order valence-electron chi connectivity index (χ1n) is 10.4. The maximum Gasteiger partial charge on any atom is 3.00 e. The van der Waals surface area contributed by atoms with Gasteiger partial charge in [-0.15, -0.1) is 11.1 Å². The number of rotatable bonds is 7. The van der Waals surface area contributed by atoms with Gasteiger partial charge in [0.05, 0.1) is 0 Å². The van der Waals surface area contributed by atoms with Gasteiger partial charge in [0.25, 0.3) is 0 Å². The van der Waals surface area contributed by atoms with Gasteiger partial charge in [0.15, 0.2) is 0 Å². The largest absolute Gasteiger partial charge is 3.00 e. The molecule has 3 nitrogen and oxygen atoms in total. The fraction of sp³-hybridized carbons (Fsp3) is 1.00. The maximum atomic E-state index is 5.24. The minimum atomic E-state index is -1.53. The van der Waals surface area contributed by atoms with Crippen molar-refractivity contribution in [3.63, 3.8) is 0 Å². The average Bonchev–Trinajstić information content (AvgIpc) is 2.29. The Morgan fingerprint density at radius 3 is 1.26 bits per heavy atom. The molecule has 0 atom stereocenters. The predicted octanol–water partition coefficient (Wildman–Crippen LogP) is 7.48. The summed E-state index contributed by atoms with van der Waals surface area (Å²) in [5.74, 6) is 0. The van der Waals surface area contributed by atoms with Crippen LogP contribution in [-0.4, -0.2) is 52.1 Å². The van der Waals surface area contributed by atoms with E-state index in [0.717, 1.165) is 19.6 Å². The Kier molecular flexibility index (Phi) is 14.3. The van der Waals surface area contributed by atoms with Crippen molar-refractivity contribution in [2.24, 2.45) is 0 Å². The molecule has 0 rings (SSSR count). The van der Waals surface area contributed by atoms with E-state index in [4.69, 9.17) is 4.98 Å². The van der Waals surface area contributed by atoms with Crippen molar-refractivity contribution in [2.75, 3.05) is 19.6 Å². The Hall–Kier alpha value is 0.820. The Morgan fingerprint density at radius 1 is 0.704 bits per heavy atom. The molecule has 0 aromatic rings. The zero-order chi connectivity index (χ0) is 21.6. The van der Waals surface area contributed by atoms with E-state index in [2.05, 4.69) is 112 Å². The first-order chi connectivity index (χ1) is 11.2. The van der Waals surface area contributed by atoms with Gasteiger partial charge in [-0.2, -0.15) is 0 Å². The van der Waals surface area contributed by atoms with E-state index in [1.807, 2.05) is 0 Å². The fourth-order valence-electron chi connectivity index (χ4n) is 2.96. The molecule has 0 saturated carbocycles. The summed E-state index contributed by atoms with van der Waals surface area (Å²) in [7, 11) is -2.70. The molecule has 0 aromatic carbocycles. The SMILES string of the molecule is CC(C)(C)[N-][Si](C)(C)C.CCN(CC)CC(C)(C)[N-][Si](C)(C)C(C)(C)C.[Co+3]. The Morgan fingerprint density at radius 2 is 1.07 bits per heavy atom. The predicted molar refractivity (Wildman–Crippen MR) is 129 cm³/mol. The molecule has 0 aliphatic carbocycles. The zero-order valence-electron chi connectivity index (χ0n) is 21.3. The van der Waals surface area contributed by atoms with Crippen molar-refractivity contribution in [1.29, 1.82) is 0 Å². The van der Waals surface area contributed by atoms with E-state index in [0.29, 0.717) is 5.04 Å². The summed E-state index contributed by atoms with van der Waals surface area (Å²) in [6.45, 7) is 37.4. The van der Waals surface area contributed by atoms with Crippen molar-refractivity contribution in [2.45, 2.75) is 118 Å². The molecule has 0 spiro atoms. The Labute approximate surface area is 185 Å². The van der Waals surface area contributed by atoms with E-state index >= 15 is 0 Å². The van der Waals surface area contributed by atoms with Crippen LogP contribution < -0.4 is 0 Å². The second kappa shape index (κ2) is 11.9. The average molecular weight is 461 g/mol. The van der Waals surface area contributed by atoms with Gasteiger partial charge in [-0.25, -0.2) is 0 Å². The monoisotopic (exact) mass is 460 g/mol. The number of hydrogen-bond donors (Lipinski definition) is 0. The normalized spacial score (nSPS) is 13.8. The molecule has 0 unspecified atom stereocenters. The topological polar surface area (TPSA) is 31.4 Å². The molecule has 0 saturated heterocycles. The first kappa shape index (κ1) is 32.5. The maximum absolute atomic E-state index is 5.24. The summed E-state index contributed by atoms with van der Waals surface area (Å²) < 4.78 is 0. The summed E-state index contributed by atoms with van der Waals surface area (Å²) in [6.07, 6.45) is 0. The van der Waals surface area contributed by atoms with Crippen LogP contribution in [0, 0.1) is 0 Å². The van der Waals surface area contributed by atoms with Crippen molar-refractivity contribution in [3.8, 4) is 0 Å². The number of nitrogens with zero attached hydrogens (tertiary/aromatic N) is 3. The zero-order valence-corrected chi connectivity index (χ0v) is 24.3. The quantitative estimate of drug-likeness (QED) is 0.362. The van der Waals surface area contributed by atoms with E-state index < -0.39 is 16.5 Å². The standard InChI is InChI=1S/C14H33N2Si.C7H18NSi.Co/c1-10-16(11-2)12-14(6,7)15-17(8,9)13(3,4)5;1-7(2,3)8-9(4,5)6;/h10-12H2,1-9H3;1-6H3;/q2*-1;+3. The second-order valence-corrected chi connectivity index (χ2v) is 21.1. The molecule has 0 aromatic heterocycles. The van der Waals surface area contributed by atoms with Gasteiger partial charge in [-0.3, -0.25) is 0 Å². The van der Waals surface area contributed by atoms with Crippen LogP contribution in [0.1, 0.15) is 69.2 Å². The number of likely N-dealkylation sites (N-methyl/N-ethyl adjacent to an activating group) is 1. The molecule has 6 heteroatoms. The minimum Gasteiger partial charge on any atom is -0.660 e. The molecule has 27 heavy (non-hydrogen) atoms. The van der Waals surface area contributed by atoms with Crippen molar-refractivity contribution in [1.82, 2.24) is 4.90 Å². The van der Waals surface area contributed by atoms with Crippen LogP contribution in [0.4, 0.5) is 0 Å². The summed E-state index contributed by atoms with van der Waals surface area (Å²) in [6, 6.07) is 0. The number of hydrogen-bond acceptors (Lipinski definition) is 1.